The third kappa shape index (κ3) is 4.92. The molecule has 2 aromatic heterocycles. The van der Waals surface area contributed by atoms with Crippen molar-refractivity contribution >= 4 is 28.6 Å². The van der Waals surface area contributed by atoms with Crippen molar-refractivity contribution in [3.8, 4) is 11.6 Å². The molecule has 0 saturated heterocycles. The summed E-state index contributed by atoms with van der Waals surface area (Å²) in [6.45, 7) is 0. The molecule has 2 heterocycles. The molecule has 8 nitrogen and oxygen atoms in total. The van der Waals surface area contributed by atoms with E-state index >= 15 is 0 Å². The first-order valence-electron chi connectivity index (χ1n) is 11.3. The fourth-order valence-corrected chi connectivity index (χ4v) is 4.01. The quantitative estimate of drug-likeness (QED) is 0.303. The molecular formula is C28H22N4O4. The molecule has 1 atom stereocenters. The van der Waals surface area contributed by atoms with Crippen LogP contribution in [-0.4, -0.2) is 31.5 Å². The van der Waals surface area contributed by atoms with E-state index < -0.39 is 12.0 Å². The number of aliphatic carboxylic acids is 1. The highest BCUT2D eigenvalue weighted by atomic mass is 16.5. The Bertz CT molecular complexity index is 1520. The number of imidazole rings is 1. The second-order valence-electron chi connectivity index (χ2n) is 8.11. The van der Waals surface area contributed by atoms with Crippen LogP contribution in [0, 0.1) is 0 Å². The van der Waals surface area contributed by atoms with Gasteiger partial charge in [-0.3, -0.25) is 9.59 Å². The largest absolute Gasteiger partial charge is 0.481 e. The Kier molecular flexibility index (Phi) is 6.40. The number of fused-ring (bicyclic) bond motifs is 1. The summed E-state index contributed by atoms with van der Waals surface area (Å²) in [6, 6.07) is 26.7. The maximum Gasteiger partial charge on any atom is 0.305 e. The molecule has 8 heteroatoms. The van der Waals surface area contributed by atoms with Crippen molar-refractivity contribution in [1.82, 2.24) is 14.5 Å². The second-order valence-corrected chi connectivity index (χ2v) is 8.11. The number of amides is 1. The van der Waals surface area contributed by atoms with Crippen molar-refractivity contribution in [2.24, 2.45) is 0 Å². The molecule has 5 aromatic rings. The van der Waals surface area contributed by atoms with E-state index in [0.717, 1.165) is 5.56 Å². The molecule has 0 bridgehead atoms. The summed E-state index contributed by atoms with van der Waals surface area (Å²) in [5.74, 6) is -0.541. The Morgan fingerprint density at radius 2 is 1.67 bits per heavy atom. The summed E-state index contributed by atoms with van der Waals surface area (Å²) in [5.41, 5.74) is 3.06. The van der Waals surface area contributed by atoms with Crippen LogP contribution in [0.4, 0.5) is 5.69 Å². The smallest absolute Gasteiger partial charge is 0.305 e. The normalized spacial score (nSPS) is 11.7. The third-order valence-corrected chi connectivity index (χ3v) is 5.69. The fraction of sp³-hybridized carbons (Fsp3) is 0.0714. The van der Waals surface area contributed by atoms with Crippen LogP contribution < -0.4 is 10.1 Å². The van der Waals surface area contributed by atoms with Crippen molar-refractivity contribution in [2.75, 3.05) is 5.32 Å². The van der Waals surface area contributed by atoms with Gasteiger partial charge in [-0.1, -0.05) is 48.5 Å². The molecule has 3 aromatic carbocycles. The van der Waals surface area contributed by atoms with E-state index in [0.29, 0.717) is 22.5 Å². The van der Waals surface area contributed by atoms with Crippen molar-refractivity contribution < 1.29 is 19.4 Å². The second kappa shape index (κ2) is 10.1. The molecule has 178 valence electrons. The molecule has 1 unspecified atom stereocenters. The predicted molar refractivity (Wildman–Crippen MR) is 135 cm³/mol. The lowest BCUT2D eigenvalue weighted by atomic mass is 10.0. The fourth-order valence-electron chi connectivity index (χ4n) is 4.01. The number of carbonyl (C=O) groups is 2. The summed E-state index contributed by atoms with van der Waals surface area (Å²) in [5, 5.41) is 12.4. The molecule has 5 rings (SSSR count). The van der Waals surface area contributed by atoms with Gasteiger partial charge < -0.3 is 19.7 Å². The zero-order chi connectivity index (χ0) is 24.9. The molecule has 0 spiro atoms. The number of pyridine rings is 1. The maximum atomic E-state index is 13.2. The number of nitrogens with one attached hydrogen (secondary N) is 1. The van der Waals surface area contributed by atoms with E-state index in [9.17, 15) is 14.7 Å². The average molecular weight is 479 g/mol. The van der Waals surface area contributed by atoms with Crippen LogP contribution in [0.15, 0.2) is 104 Å². The highest BCUT2D eigenvalue weighted by molar-refractivity contribution is 6.06. The van der Waals surface area contributed by atoms with E-state index in [1.165, 1.54) is 0 Å². The zero-order valence-electron chi connectivity index (χ0n) is 19.1. The third-order valence-electron chi connectivity index (χ3n) is 5.69. The molecule has 1 amide bonds. The van der Waals surface area contributed by atoms with Gasteiger partial charge in [-0.25, -0.2) is 9.97 Å². The molecule has 0 radical (unpaired) electrons. The summed E-state index contributed by atoms with van der Waals surface area (Å²) < 4.78 is 7.64. The molecule has 2 N–H and O–H groups in total. The Balaban J connectivity index is 1.45. The van der Waals surface area contributed by atoms with Crippen LogP contribution in [-0.2, 0) is 4.79 Å². The number of hydrogen-bond acceptors (Lipinski definition) is 5. The van der Waals surface area contributed by atoms with Gasteiger partial charge in [-0.05, 0) is 48.0 Å². The minimum Gasteiger partial charge on any atom is -0.481 e. The number of aromatic nitrogens is 3. The number of rotatable bonds is 8. The highest BCUT2D eigenvalue weighted by Crippen LogP contribution is 2.29. The molecule has 36 heavy (non-hydrogen) atoms. The van der Waals surface area contributed by atoms with Gasteiger partial charge in [-0.2, -0.15) is 0 Å². The lowest BCUT2D eigenvalue weighted by Crippen LogP contribution is -2.15. The Morgan fingerprint density at radius 1 is 0.917 bits per heavy atom. The van der Waals surface area contributed by atoms with Crippen LogP contribution in [0.5, 0.6) is 11.6 Å². The number of hydrogen-bond donors (Lipinski definition) is 2. The maximum absolute atomic E-state index is 13.2. The Labute approximate surface area is 206 Å². The van der Waals surface area contributed by atoms with Crippen LogP contribution in [0.1, 0.15) is 28.4 Å². The topological polar surface area (TPSA) is 106 Å². The Morgan fingerprint density at radius 3 is 2.42 bits per heavy atom. The van der Waals surface area contributed by atoms with E-state index in [2.05, 4.69) is 15.3 Å². The van der Waals surface area contributed by atoms with Gasteiger partial charge in [-0.15, -0.1) is 0 Å². The van der Waals surface area contributed by atoms with Gasteiger partial charge >= 0.3 is 5.97 Å². The molecule has 0 aliphatic heterocycles. The molecule has 0 aliphatic rings. The number of benzene rings is 3. The summed E-state index contributed by atoms with van der Waals surface area (Å²) in [6.07, 6.45) is 3.08. The number of carbonyl (C=O) groups excluding carboxylic acids is 1. The summed E-state index contributed by atoms with van der Waals surface area (Å²) in [4.78, 5) is 33.5. The van der Waals surface area contributed by atoms with Gasteiger partial charge in [0.05, 0.1) is 29.8 Å². The number of para-hydroxylation sites is 1. The minimum atomic E-state index is -0.919. The van der Waals surface area contributed by atoms with Gasteiger partial charge in [0.1, 0.15) is 11.3 Å². The van der Waals surface area contributed by atoms with Crippen molar-refractivity contribution in [3.05, 3.63) is 115 Å². The lowest BCUT2D eigenvalue weighted by Gasteiger charge is -2.18. The molecule has 0 saturated carbocycles. The average Bonchev–Trinajstić information content (AvgIpc) is 3.31. The van der Waals surface area contributed by atoms with Crippen molar-refractivity contribution in [2.45, 2.75) is 12.5 Å². The van der Waals surface area contributed by atoms with E-state index in [-0.39, 0.29) is 23.8 Å². The SMILES string of the molecule is O=C(O)CC(c1ccccc1)n1cnc2ccc(NC(=O)c3cccnc3Oc3ccccc3)cc21. The van der Waals surface area contributed by atoms with Crippen LogP contribution >= 0.6 is 0 Å². The first-order valence-corrected chi connectivity index (χ1v) is 11.3. The zero-order valence-corrected chi connectivity index (χ0v) is 19.1. The van der Waals surface area contributed by atoms with Crippen LogP contribution in [0.25, 0.3) is 11.0 Å². The number of anilines is 1. The standard InChI is InChI=1S/C28H22N4O4/c33-26(34)17-24(19-8-3-1-4-9-19)32-18-30-23-14-13-20(16-25(23)32)31-27(35)22-12-7-15-29-28(22)36-21-10-5-2-6-11-21/h1-16,18,24H,17H2,(H,31,35)(H,33,34). The number of carboxylic acid groups (broad SMARTS) is 1. The van der Waals surface area contributed by atoms with E-state index in [1.54, 1.807) is 55.0 Å². The van der Waals surface area contributed by atoms with E-state index in [4.69, 9.17) is 4.74 Å². The first-order chi connectivity index (χ1) is 17.6. The first kappa shape index (κ1) is 22.8. The number of nitrogens with zero attached hydrogens (tertiary/aromatic N) is 3. The van der Waals surface area contributed by atoms with Crippen LogP contribution in [0.2, 0.25) is 0 Å². The minimum absolute atomic E-state index is 0.109. The molecule has 0 fully saturated rings. The predicted octanol–water partition coefficient (Wildman–Crippen LogP) is 5.54. The summed E-state index contributed by atoms with van der Waals surface area (Å²) in [7, 11) is 0. The van der Waals surface area contributed by atoms with Gasteiger partial charge in [0.25, 0.3) is 5.91 Å². The van der Waals surface area contributed by atoms with Crippen LogP contribution in [0.3, 0.4) is 0 Å². The highest BCUT2D eigenvalue weighted by Gasteiger charge is 2.20. The van der Waals surface area contributed by atoms with Crippen molar-refractivity contribution in [1.29, 1.82) is 0 Å². The Hall–Kier alpha value is -4.98. The van der Waals surface area contributed by atoms with Gasteiger partial charge in [0.2, 0.25) is 5.88 Å². The lowest BCUT2D eigenvalue weighted by molar-refractivity contribution is -0.137. The number of ether oxygens (including phenoxy) is 1. The van der Waals surface area contributed by atoms with E-state index in [1.807, 2.05) is 53.1 Å². The molecular weight excluding hydrogens is 456 g/mol. The summed E-state index contributed by atoms with van der Waals surface area (Å²) >= 11 is 0. The molecule has 0 aliphatic carbocycles. The number of carboxylic acids is 1. The monoisotopic (exact) mass is 478 g/mol. The van der Waals surface area contributed by atoms with Gasteiger partial charge in [0.15, 0.2) is 0 Å². The van der Waals surface area contributed by atoms with Crippen molar-refractivity contribution in [3.63, 3.8) is 0 Å². The van der Waals surface area contributed by atoms with Gasteiger partial charge in [0, 0.05) is 11.9 Å².